The smallest absolute Gasteiger partial charge is 0.242 e. The number of hydrogen-bond donors (Lipinski definition) is 2. The summed E-state index contributed by atoms with van der Waals surface area (Å²) in [5.41, 5.74) is 5.31. The van der Waals surface area contributed by atoms with Crippen LogP contribution in [0.15, 0.2) is 70.4 Å². The van der Waals surface area contributed by atoms with E-state index in [0.29, 0.717) is 60.1 Å². The Hall–Kier alpha value is -3.88. The minimum atomic E-state index is -1.00. The molecule has 1 aromatic heterocycles. The number of aromatic nitrogens is 1. The van der Waals surface area contributed by atoms with E-state index < -0.39 is 6.17 Å². The fraction of sp³-hybridized carbons (Fsp3) is 0.292. The topological polar surface area (TPSA) is 89.4 Å². The summed E-state index contributed by atoms with van der Waals surface area (Å²) in [5, 5.41) is 7.60. The van der Waals surface area contributed by atoms with Crippen molar-refractivity contribution in [2.75, 3.05) is 31.7 Å². The monoisotopic (exact) mass is 451 g/mol. The number of anilines is 1. The van der Waals surface area contributed by atoms with Crippen LogP contribution >= 0.6 is 0 Å². The minimum absolute atomic E-state index is 0.221. The van der Waals surface area contributed by atoms with Crippen molar-refractivity contribution in [2.24, 2.45) is 10.1 Å². The first kappa shape index (κ1) is 22.3. The Bertz CT molecular complexity index is 1110. The normalized spacial score (nSPS) is 17.8. The summed E-state index contributed by atoms with van der Waals surface area (Å²) in [5.74, 6) is 2.97. The zero-order valence-corrected chi connectivity index (χ0v) is 18.5. The van der Waals surface area contributed by atoms with Gasteiger partial charge in [-0.25, -0.2) is 14.4 Å². The Morgan fingerprint density at radius 1 is 1.24 bits per heavy atom. The lowest BCUT2D eigenvalue weighted by molar-refractivity contribution is 0.171. The zero-order valence-electron chi connectivity index (χ0n) is 18.5. The van der Waals surface area contributed by atoms with Crippen molar-refractivity contribution < 1.29 is 18.6 Å². The number of amidine groups is 1. The SMILES string of the molecule is C/C=C(\C=C/C(C)F)CNc1ncccc1C1=NNC(=Nc2ccc3c(c2)OCCO3)CO1. The molecule has 1 aromatic carbocycles. The van der Waals surface area contributed by atoms with Gasteiger partial charge in [0.1, 0.15) is 31.8 Å². The Morgan fingerprint density at radius 3 is 2.85 bits per heavy atom. The molecular weight excluding hydrogens is 425 g/mol. The molecule has 1 unspecified atom stereocenters. The molecule has 2 aromatic rings. The number of benzene rings is 1. The van der Waals surface area contributed by atoms with Gasteiger partial charge in [-0.2, -0.15) is 0 Å². The lowest BCUT2D eigenvalue weighted by atomic mass is 10.2. The second kappa shape index (κ2) is 10.6. The first-order chi connectivity index (χ1) is 16.1. The van der Waals surface area contributed by atoms with Crippen molar-refractivity contribution in [1.82, 2.24) is 10.4 Å². The Morgan fingerprint density at radius 2 is 2.09 bits per heavy atom. The number of allylic oxidation sites excluding steroid dienone is 2. The Kier molecular flexibility index (Phi) is 7.19. The van der Waals surface area contributed by atoms with E-state index in [1.54, 1.807) is 12.3 Å². The number of aliphatic imine (C=N–C) groups is 1. The molecule has 4 rings (SSSR count). The maximum absolute atomic E-state index is 13.1. The predicted octanol–water partition coefficient (Wildman–Crippen LogP) is 4.14. The molecule has 0 saturated carbocycles. The van der Waals surface area contributed by atoms with Crippen LogP contribution in [0.4, 0.5) is 15.9 Å². The van der Waals surface area contributed by atoms with Crippen LogP contribution in [-0.4, -0.2) is 49.3 Å². The van der Waals surface area contributed by atoms with Gasteiger partial charge in [-0.15, -0.1) is 5.10 Å². The average molecular weight is 452 g/mol. The molecule has 172 valence electrons. The Balaban J connectivity index is 1.44. The molecule has 0 aliphatic carbocycles. The number of hydrazone groups is 1. The van der Waals surface area contributed by atoms with Gasteiger partial charge in [-0.05, 0) is 43.7 Å². The number of alkyl halides is 1. The molecule has 2 N–H and O–H groups in total. The van der Waals surface area contributed by atoms with Gasteiger partial charge in [-0.1, -0.05) is 18.2 Å². The van der Waals surface area contributed by atoms with Crippen molar-refractivity contribution in [3.8, 4) is 11.5 Å². The van der Waals surface area contributed by atoms with Gasteiger partial charge in [0.05, 0.1) is 11.3 Å². The van der Waals surface area contributed by atoms with Gasteiger partial charge in [-0.3, -0.25) is 5.43 Å². The highest BCUT2D eigenvalue weighted by molar-refractivity contribution is 6.02. The van der Waals surface area contributed by atoms with Crippen molar-refractivity contribution >= 4 is 23.2 Å². The molecular formula is C24H26FN5O3. The van der Waals surface area contributed by atoms with Gasteiger partial charge >= 0.3 is 0 Å². The fourth-order valence-electron chi connectivity index (χ4n) is 3.19. The first-order valence-electron chi connectivity index (χ1n) is 10.7. The number of hydrogen-bond acceptors (Lipinski definition) is 7. The highest BCUT2D eigenvalue weighted by atomic mass is 19.1. The molecule has 2 aliphatic rings. The fourth-order valence-corrected chi connectivity index (χ4v) is 3.19. The average Bonchev–Trinajstić information content (AvgIpc) is 2.85. The maximum atomic E-state index is 13.1. The van der Waals surface area contributed by atoms with Gasteiger partial charge in [0, 0.05) is 18.8 Å². The van der Waals surface area contributed by atoms with Gasteiger partial charge in [0.25, 0.3) is 0 Å². The molecule has 0 spiro atoms. The summed E-state index contributed by atoms with van der Waals surface area (Å²) < 4.78 is 30.1. The largest absolute Gasteiger partial charge is 0.486 e. The van der Waals surface area contributed by atoms with Crippen LogP contribution in [0.1, 0.15) is 19.4 Å². The van der Waals surface area contributed by atoms with E-state index >= 15 is 0 Å². The molecule has 3 heterocycles. The standard InChI is InChI=1S/C24H26FN5O3/c1-3-17(7-6-16(2)25)14-27-23-19(5-4-10-26-23)24-30-29-22(15-33-24)28-18-8-9-20-21(13-18)32-12-11-31-20/h3-10,13,16H,11-12,14-15H2,1-2H3,(H,26,27)(H,28,29)/b7-6-,17-3+. The summed E-state index contributed by atoms with van der Waals surface area (Å²) in [7, 11) is 0. The summed E-state index contributed by atoms with van der Waals surface area (Å²) >= 11 is 0. The highest BCUT2D eigenvalue weighted by Gasteiger charge is 2.18. The number of rotatable bonds is 7. The molecule has 9 heteroatoms. The Labute approximate surface area is 191 Å². The molecule has 0 saturated heterocycles. The van der Waals surface area contributed by atoms with E-state index in [9.17, 15) is 4.39 Å². The number of nitrogens with one attached hydrogen (secondary N) is 2. The molecule has 0 bridgehead atoms. The van der Waals surface area contributed by atoms with E-state index in [0.717, 1.165) is 5.57 Å². The minimum Gasteiger partial charge on any atom is -0.486 e. The third kappa shape index (κ3) is 5.88. The summed E-state index contributed by atoms with van der Waals surface area (Å²) in [6.45, 7) is 5.17. The summed E-state index contributed by atoms with van der Waals surface area (Å²) in [6, 6.07) is 9.19. The highest BCUT2D eigenvalue weighted by Crippen LogP contribution is 2.33. The quantitative estimate of drug-likeness (QED) is 0.615. The van der Waals surface area contributed by atoms with Gasteiger partial charge < -0.3 is 19.5 Å². The third-order valence-corrected chi connectivity index (χ3v) is 4.87. The molecule has 1 atom stereocenters. The van der Waals surface area contributed by atoms with Crippen LogP contribution in [0, 0.1) is 0 Å². The zero-order chi connectivity index (χ0) is 23.0. The number of pyridine rings is 1. The van der Waals surface area contributed by atoms with E-state index in [1.165, 1.54) is 13.0 Å². The molecule has 0 fully saturated rings. The van der Waals surface area contributed by atoms with Crippen LogP contribution in [0.25, 0.3) is 0 Å². The van der Waals surface area contributed by atoms with Crippen LogP contribution in [0.2, 0.25) is 0 Å². The number of halogens is 1. The second-order valence-corrected chi connectivity index (χ2v) is 7.36. The third-order valence-electron chi connectivity index (χ3n) is 4.87. The van der Waals surface area contributed by atoms with Crippen molar-refractivity contribution in [2.45, 2.75) is 20.0 Å². The molecule has 33 heavy (non-hydrogen) atoms. The number of fused-ring (bicyclic) bond motifs is 1. The second-order valence-electron chi connectivity index (χ2n) is 7.36. The molecule has 2 aliphatic heterocycles. The first-order valence-corrected chi connectivity index (χ1v) is 10.7. The van der Waals surface area contributed by atoms with Crippen molar-refractivity contribution in [3.63, 3.8) is 0 Å². The van der Waals surface area contributed by atoms with Crippen molar-refractivity contribution in [1.29, 1.82) is 0 Å². The predicted molar refractivity (Wildman–Crippen MR) is 126 cm³/mol. The number of ether oxygens (including phenoxy) is 3. The lowest BCUT2D eigenvalue weighted by Crippen LogP contribution is -2.32. The van der Waals surface area contributed by atoms with Crippen LogP contribution < -0.4 is 20.2 Å². The molecule has 0 amide bonds. The molecule has 8 nitrogen and oxygen atoms in total. The maximum Gasteiger partial charge on any atom is 0.242 e. The van der Waals surface area contributed by atoms with E-state index in [2.05, 4.69) is 25.8 Å². The van der Waals surface area contributed by atoms with E-state index in [4.69, 9.17) is 14.2 Å². The van der Waals surface area contributed by atoms with Crippen LogP contribution in [0.3, 0.4) is 0 Å². The van der Waals surface area contributed by atoms with Crippen LogP contribution in [0.5, 0.6) is 11.5 Å². The molecule has 0 radical (unpaired) electrons. The summed E-state index contributed by atoms with van der Waals surface area (Å²) in [6.07, 6.45) is 5.88. The summed E-state index contributed by atoms with van der Waals surface area (Å²) in [4.78, 5) is 8.94. The van der Waals surface area contributed by atoms with Crippen LogP contribution in [-0.2, 0) is 4.74 Å². The van der Waals surface area contributed by atoms with E-state index in [1.807, 2.05) is 43.3 Å². The van der Waals surface area contributed by atoms with Gasteiger partial charge in [0.2, 0.25) is 5.90 Å². The van der Waals surface area contributed by atoms with E-state index in [-0.39, 0.29) is 6.61 Å². The lowest BCUT2D eigenvalue weighted by Gasteiger charge is -2.20. The number of nitrogens with zero attached hydrogens (tertiary/aromatic N) is 3. The van der Waals surface area contributed by atoms with Gasteiger partial charge in [0.15, 0.2) is 17.3 Å². The van der Waals surface area contributed by atoms with Crippen molar-refractivity contribution in [3.05, 3.63) is 65.9 Å².